The second kappa shape index (κ2) is 8.51. The summed E-state index contributed by atoms with van der Waals surface area (Å²) in [7, 11) is 0. The second-order valence-corrected chi connectivity index (χ2v) is 5.17. The fourth-order valence-electron chi connectivity index (χ4n) is 2.00. The van der Waals surface area contributed by atoms with Gasteiger partial charge in [-0.3, -0.25) is 4.79 Å². The number of hydrogen-bond acceptors (Lipinski definition) is 2. The smallest absolute Gasteiger partial charge is 0.237 e. The van der Waals surface area contributed by atoms with Crippen LogP contribution in [0.1, 0.15) is 60.8 Å². The molecule has 102 valence electrons. The fraction of sp³-hybridized carbons (Fsp3) is 0.929. The van der Waals surface area contributed by atoms with Crippen LogP contribution in [-0.2, 0) is 4.79 Å². The third-order valence-corrected chi connectivity index (χ3v) is 3.43. The predicted octanol–water partition coefficient (Wildman–Crippen LogP) is 2.70. The summed E-state index contributed by atoms with van der Waals surface area (Å²) in [6.07, 6.45) is 3.05. The molecule has 0 spiro atoms. The Morgan fingerprint density at radius 2 is 1.53 bits per heavy atom. The molecule has 3 heteroatoms. The molecule has 2 atom stereocenters. The summed E-state index contributed by atoms with van der Waals surface area (Å²) in [5.41, 5.74) is 0. The van der Waals surface area contributed by atoms with Gasteiger partial charge >= 0.3 is 0 Å². The third kappa shape index (κ3) is 6.06. The topological polar surface area (TPSA) is 41.1 Å². The van der Waals surface area contributed by atoms with Crippen LogP contribution in [0, 0.1) is 5.92 Å². The van der Waals surface area contributed by atoms with Crippen LogP contribution in [-0.4, -0.2) is 24.0 Å². The van der Waals surface area contributed by atoms with Crippen LogP contribution >= 0.6 is 0 Å². The number of carbonyl (C=O) groups excluding carboxylic acids is 1. The molecule has 0 radical (unpaired) electrons. The van der Waals surface area contributed by atoms with Gasteiger partial charge in [0.1, 0.15) is 0 Å². The molecule has 0 aromatic carbocycles. The average molecular weight is 242 g/mol. The lowest BCUT2D eigenvalue weighted by Gasteiger charge is -2.26. The van der Waals surface area contributed by atoms with Crippen molar-refractivity contribution in [2.24, 2.45) is 5.92 Å². The van der Waals surface area contributed by atoms with Crippen molar-refractivity contribution < 1.29 is 4.79 Å². The monoisotopic (exact) mass is 242 g/mol. The largest absolute Gasteiger partial charge is 0.352 e. The van der Waals surface area contributed by atoms with Crippen LogP contribution in [0.3, 0.4) is 0 Å². The molecule has 0 fully saturated rings. The first-order chi connectivity index (χ1) is 7.96. The molecule has 2 N–H and O–H groups in total. The average Bonchev–Trinajstić information content (AvgIpc) is 2.31. The lowest BCUT2D eigenvalue weighted by Crippen LogP contribution is -2.50. The Hall–Kier alpha value is -0.570. The number of carbonyl (C=O) groups is 1. The van der Waals surface area contributed by atoms with Crippen molar-refractivity contribution in [1.82, 2.24) is 10.6 Å². The van der Waals surface area contributed by atoms with E-state index in [1.165, 1.54) is 0 Å². The molecule has 0 aliphatic carbocycles. The lowest BCUT2D eigenvalue weighted by atomic mass is 10.0. The zero-order chi connectivity index (χ0) is 13.4. The van der Waals surface area contributed by atoms with Crippen LogP contribution in [0.25, 0.3) is 0 Å². The number of hydrogen-bond donors (Lipinski definition) is 2. The molecule has 1 amide bonds. The van der Waals surface area contributed by atoms with E-state index in [-0.39, 0.29) is 11.9 Å². The molecule has 17 heavy (non-hydrogen) atoms. The van der Waals surface area contributed by atoms with Crippen LogP contribution in [0.2, 0.25) is 0 Å². The van der Waals surface area contributed by atoms with Gasteiger partial charge in [-0.05, 0) is 32.1 Å². The van der Waals surface area contributed by atoms with E-state index in [1.807, 2.05) is 6.92 Å². The van der Waals surface area contributed by atoms with Gasteiger partial charge in [-0.25, -0.2) is 0 Å². The SMILES string of the molecule is CCC(CC)NC(=O)C(C)NC(CC)C(C)C. The maximum absolute atomic E-state index is 12.0. The Labute approximate surface area is 107 Å². The molecule has 0 saturated heterocycles. The minimum atomic E-state index is -0.108. The Kier molecular flexibility index (Phi) is 8.23. The van der Waals surface area contributed by atoms with Crippen molar-refractivity contribution >= 4 is 5.91 Å². The second-order valence-electron chi connectivity index (χ2n) is 5.17. The normalized spacial score (nSPS) is 15.1. The molecule has 0 aromatic rings. The summed E-state index contributed by atoms with van der Waals surface area (Å²) in [4.78, 5) is 12.0. The predicted molar refractivity (Wildman–Crippen MR) is 74.0 cm³/mol. The van der Waals surface area contributed by atoms with Crippen molar-refractivity contribution in [1.29, 1.82) is 0 Å². The van der Waals surface area contributed by atoms with E-state index in [0.717, 1.165) is 19.3 Å². The van der Waals surface area contributed by atoms with Crippen LogP contribution in [0.5, 0.6) is 0 Å². The van der Waals surface area contributed by atoms with Gasteiger partial charge in [-0.2, -0.15) is 0 Å². The molecular formula is C14H30N2O. The van der Waals surface area contributed by atoms with Crippen molar-refractivity contribution in [3.05, 3.63) is 0 Å². The summed E-state index contributed by atoms with van der Waals surface area (Å²) in [5.74, 6) is 0.682. The summed E-state index contributed by atoms with van der Waals surface area (Å²) in [6, 6.07) is 0.617. The standard InChI is InChI=1S/C14H30N2O/c1-7-12(8-2)16-14(17)11(6)15-13(9-3)10(4)5/h10-13,15H,7-9H2,1-6H3,(H,16,17). The number of nitrogens with one attached hydrogen (secondary N) is 2. The number of rotatable bonds is 8. The van der Waals surface area contributed by atoms with E-state index in [4.69, 9.17) is 0 Å². The summed E-state index contributed by atoms with van der Waals surface area (Å²) in [6.45, 7) is 12.7. The third-order valence-electron chi connectivity index (χ3n) is 3.43. The highest BCUT2D eigenvalue weighted by atomic mass is 16.2. The van der Waals surface area contributed by atoms with Gasteiger partial charge in [0.2, 0.25) is 5.91 Å². The van der Waals surface area contributed by atoms with Gasteiger partial charge in [0.15, 0.2) is 0 Å². The van der Waals surface area contributed by atoms with E-state index >= 15 is 0 Å². The van der Waals surface area contributed by atoms with Gasteiger partial charge in [-0.1, -0.05) is 34.6 Å². The summed E-state index contributed by atoms with van der Waals surface area (Å²) < 4.78 is 0. The van der Waals surface area contributed by atoms with Gasteiger partial charge in [0, 0.05) is 12.1 Å². The maximum atomic E-state index is 12.0. The fourth-order valence-corrected chi connectivity index (χ4v) is 2.00. The zero-order valence-electron chi connectivity index (χ0n) is 12.3. The maximum Gasteiger partial charge on any atom is 0.237 e. The lowest BCUT2D eigenvalue weighted by molar-refractivity contribution is -0.123. The molecule has 3 nitrogen and oxygen atoms in total. The van der Waals surface area contributed by atoms with Crippen molar-refractivity contribution in [3.63, 3.8) is 0 Å². The first kappa shape index (κ1) is 16.4. The molecule has 0 saturated carbocycles. The quantitative estimate of drug-likeness (QED) is 0.687. The van der Waals surface area contributed by atoms with E-state index in [1.54, 1.807) is 0 Å². The van der Waals surface area contributed by atoms with E-state index in [2.05, 4.69) is 45.3 Å². The highest BCUT2D eigenvalue weighted by Crippen LogP contribution is 2.06. The van der Waals surface area contributed by atoms with E-state index in [9.17, 15) is 4.79 Å². The highest BCUT2D eigenvalue weighted by Gasteiger charge is 2.20. The van der Waals surface area contributed by atoms with E-state index in [0.29, 0.717) is 18.0 Å². The molecule has 0 heterocycles. The zero-order valence-corrected chi connectivity index (χ0v) is 12.3. The Morgan fingerprint density at radius 3 is 1.88 bits per heavy atom. The minimum Gasteiger partial charge on any atom is -0.352 e. The molecule has 0 rings (SSSR count). The summed E-state index contributed by atoms with van der Waals surface area (Å²) >= 11 is 0. The molecule has 2 unspecified atom stereocenters. The summed E-state index contributed by atoms with van der Waals surface area (Å²) in [5, 5.41) is 6.49. The van der Waals surface area contributed by atoms with Crippen molar-refractivity contribution in [3.8, 4) is 0 Å². The van der Waals surface area contributed by atoms with Crippen LogP contribution in [0.4, 0.5) is 0 Å². The van der Waals surface area contributed by atoms with Crippen molar-refractivity contribution in [2.75, 3.05) is 0 Å². The molecule has 0 aromatic heterocycles. The molecule has 0 bridgehead atoms. The number of amides is 1. The van der Waals surface area contributed by atoms with Gasteiger partial charge in [-0.15, -0.1) is 0 Å². The van der Waals surface area contributed by atoms with Gasteiger partial charge < -0.3 is 10.6 Å². The first-order valence-electron chi connectivity index (χ1n) is 7.02. The Morgan fingerprint density at radius 1 is 1.00 bits per heavy atom. The Balaban J connectivity index is 4.20. The molecule has 0 aliphatic heterocycles. The van der Waals surface area contributed by atoms with Crippen molar-refractivity contribution in [2.45, 2.75) is 78.9 Å². The van der Waals surface area contributed by atoms with Gasteiger partial charge in [0.25, 0.3) is 0 Å². The van der Waals surface area contributed by atoms with Gasteiger partial charge in [0.05, 0.1) is 6.04 Å². The highest BCUT2D eigenvalue weighted by molar-refractivity contribution is 5.81. The first-order valence-corrected chi connectivity index (χ1v) is 7.02. The minimum absolute atomic E-state index is 0.108. The molecular weight excluding hydrogens is 212 g/mol. The van der Waals surface area contributed by atoms with Crippen LogP contribution < -0.4 is 10.6 Å². The van der Waals surface area contributed by atoms with Crippen LogP contribution in [0.15, 0.2) is 0 Å². The Bertz CT molecular complexity index is 212. The van der Waals surface area contributed by atoms with E-state index < -0.39 is 0 Å². The molecule has 0 aliphatic rings.